The van der Waals surface area contributed by atoms with Gasteiger partial charge in [0.25, 0.3) is 5.56 Å². The number of unbranched alkanes of at least 4 members (excludes halogenated alkanes) is 4. The monoisotopic (exact) mass is 455 g/mol. The van der Waals surface area contributed by atoms with E-state index >= 15 is 0 Å². The van der Waals surface area contributed by atoms with Crippen LogP contribution in [0.5, 0.6) is 17.2 Å². The Morgan fingerprint density at radius 3 is 2.42 bits per heavy atom. The number of hydrogen-bond acceptors (Lipinski definition) is 7. The number of H-pyrrole nitrogens is 1. The van der Waals surface area contributed by atoms with Crippen molar-refractivity contribution in [2.24, 2.45) is 0 Å². The summed E-state index contributed by atoms with van der Waals surface area (Å²) in [6.45, 7) is 0.598. The SMILES string of the molecule is COc1cc(OC)c2c(=O)[nH]c(-c3ccc(OCCCCCCCC(=O)NO)cc3)nc2c1. The Hall–Kier alpha value is -3.59. The van der Waals surface area contributed by atoms with Crippen LogP contribution in [0, 0.1) is 0 Å². The van der Waals surface area contributed by atoms with Gasteiger partial charge in [0.15, 0.2) is 0 Å². The zero-order chi connectivity index (χ0) is 23.6. The second-order valence-corrected chi connectivity index (χ2v) is 7.56. The highest BCUT2D eigenvalue weighted by molar-refractivity contribution is 5.87. The second kappa shape index (κ2) is 11.9. The highest BCUT2D eigenvalue weighted by atomic mass is 16.5. The fourth-order valence-electron chi connectivity index (χ4n) is 3.50. The number of aromatic nitrogens is 2. The molecular weight excluding hydrogens is 426 g/mol. The van der Waals surface area contributed by atoms with Crippen LogP contribution in [0.4, 0.5) is 0 Å². The van der Waals surface area contributed by atoms with E-state index in [4.69, 9.17) is 19.4 Å². The van der Waals surface area contributed by atoms with Gasteiger partial charge in [-0.1, -0.05) is 19.3 Å². The Bertz CT molecular complexity index is 1130. The summed E-state index contributed by atoms with van der Waals surface area (Å²) in [6, 6.07) is 10.8. The van der Waals surface area contributed by atoms with Crippen LogP contribution in [-0.4, -0.2) is 41.9 Å². The predicted molar refractivity (Wildman–Crippen MR) is 124 cm³/mol. The van der Waals surface area contributed by atoms with Crippen molar-refractivity contribution in [1.82, 2.24) is 15.4 Å². The lowest BCUT2D eigenvalue weighted by molar-refractivity contribution is -0.129. The molecule has 9 heteroatoms. The van der Waals surface area contributed by atoms with Crippen LogP contribution in [0.3, 0.4) is 0 Å². The lowest BCUT2D eigenvalue weighted by atomic mass is 10.1. The minimum atomic E-state index is -0.343. The van der Waals surface area contributed by atoms with Crippen molar-refractivity contribution in [1.29, 1.82) is 0 Å². The van der Waals surface area contributed by atoms with Crippen molar-refractivity contribution in [2.75, 3.05) is 20.8 Å². The van der Waals surface area contributed by atoms with E-state index in [1.807, 2.05) is 24.3 Å². The molecule has 0 aliphatic heterocycles. The average molecular weight is 456 g/mol. The van der Waals surface area contributed by atoms with E-state index in [0.717, 1.165) is 43.4 Å². The largest absolute Gasteiger partial charge is 0.497 e. The topological polar surface area (TPSA) is 123 Å². The van der Waals surface area contributed by atoms with Crippen molar-refractivity contribution in [3.8, 4) is 28.6 Å². The summed E-state index contributed by atoms with van der Waals surface area (Å²) in [6.07, 6.45) is 4.98. The molecule has 0 radical (unpaired) electrons. The molecule has 3 rings (SSSR count). The highest BCUT2D eigenvalue weighted by Gasteiger charge is 2.13. The summed E-state index contributed by atoms with van der Waals surface area (Å²) in [5.74, 6) is 1.81. The first-order valence-electron chi connectivity index (χ1n) is 10.9. The molecular formula is C24H29N3O6. The first kappa shape index (κ1) is 24.1. The summed E-state index contributed by atoms with van der Waals surface area (Å²) >= 11 is 0. The van der Waals surface area contributed by atoms with Gasteiger partial charge in [-0.15, -0.1) is 0 Å². The van der Waals surface area contributed by atoms with Crippen LogP contribution >= 0.6 is 0 Å². The summed E-state index contributed by atoms with van der Waals surface area (Å²) in [4.78, 5) is 31.0. The normalized spacial score (nSPS) is 10.8. The van der Waals surface area contributed by atoms with E-state index in [1.54, 1.807) is 24.7 Å². The molecule has 1 heterocycles. The van der Waals surface area contributed by atoms with E-state index in [1.165, 1.54) is 7.11 Å². The number of fused-ring (bicyclic) bond motifs is 1. The van der Waals surface area contributed by atoms with Crippen molar-refractivity contribution >= 4 is 16.8 Å². The molecule has 0 aliphatic carbocycles. The molecule has 2 aromatic carbocycles. The quantitative estimate of drug-likeness (QED) is 0.215. The number of rotatable bonds is 12. The fourth-order valence-corrected chi connectivity index (χ4v) is 3.50. The van der Waals surface area contributed by atoms with E-state index < -0.39 is 0 Å². The molecule has 1 amide bonds. The van der Waals surface area contributed by atoms with Gasteiger partial charge in [-0.2, -0.15) is 0 Å². The van der Waals surface area contributed by atoms with Crippen molar-refractivity contribution < 1.29 is 24.2 Å². The van der Waals surface area contributed by atoms with E-state index in [0.29, 0.717) is 41.3 Å². The number of methoxy groups -OCH3 is 2. The van der Waals surface area contributed by atoms with Gasteiger partial charge in [0.2, 0.25) is 5.91 Å². The number of nitrogens with one attached hydrogen (secondary N) is 2. The van der Waals surface area contributed by atoms with Gasteiger partial charge in [0.1, 0.15) is 28.5 Å². The van der Waals surface area contributed by atoms with Crippen molar-refractivity contribution in [3.63, 3.8) is 0 Å². The van der Waals surface area contributed by atoms with Crippen LogP contribution < -0.4 is 25.2 Å². The molecule has 3 aromatic rings. The van der Waals surface area contributed by atoms with E-state index in [2.05, 4.69) is 9.97 Å². The zero-order valence-electron chi connectivity index (χ0n) is 18.8. The Balaban J connectivity index is 1.56. The molecule has 0 bridgehead atoms. The standard InChI is InChI=1S/C24H29N3O6/c1-31-18-14-19-22(20(15-18)32-2)24(29)26-23(25-19)16-9-11-17(12-10-16)33-13-7-5-3-4-6-8-21(28)27-30/h9-12,14-15,30H,3-8,13H2,1-2H3,(H,27,28)(H,25,26,29). The Kier molecular flexibility index (Phi) is 8.65. The van der Waals surface area contributed by atoms with E-state index in [-0.39, 0.29) is 11.5 Å². The molecule has 9 nitrogen and oxygen atoms in total. The van der Waals surface area contributed by atoms with Crippen LogP contribution in [0.15, 0.2) is 41.2 Å². The molecule has 0 saturated heterocycles. The molecule has 0 saturated carbocycles. The molecule has 0 atom stereocenters. The molecule has 0 spiro atoms. The molecule has 33 heavy (non-hydrogen) atoms. The zero-order valence-corrected chi connectivity index (χ0v) is 18.8. The minimum absolute atomic E-state index is 0.285. The number of aromatic amines is 1. The number of nitrogens with zero attached hydrogens (tertiary/aromatic N) is 1. The number of amides is 1. The van der Waals surface area contributed by atoms with Crippen LogP contribution in [0.1, 0.15) is 38.5 Å². The highest BCUT2D eigenvalue weighted by Crippen LogP contribution is 2.29. The van der Waals surface area contributed by atoms with Crippen LogP contribution in [0.25, 0.3) is 22.3 Å². The summed E-state index contributed by atoms with van der Waals surface area (Å²) < 4.78 is 16.4. The minimum Gasteiger partial charge on any atom is -0.497 e. The molecule has 176 valence electrons. The van der Waals surface area contributed by atoms with Crippen molar-refractivity contribution in [2.45, 2.75) is 38.5 Å². The number of ether oxygens (including phenoxy) is 3. The Morgan fingerprint density at radius 2 is 1.73 bits per heavy atom. The lowest BCUT2D eigenvalue weighted by Gasteiger charge is -2.10. The summed E-state index contributed by atoms with van der Waals surface area (Å²) in [7, 11) is 3.05. The molecule has 0 aliphatic rings. The van der Waals surface area contributed by atoms with E-state index in [9.17, 15) is 9.59 Å². The van der Waals surface area contributed by atoms with Gasteiger partial charge in [-0.05, 0) is 37.1 Å². The smallest absolute Gasteiger partial charge is 0.262 e. The molecule has 0 fully saturated rings. The fraction of sp³-hybridized carbons (Fsp3) is 0.375. The van der Waals surface area contributed by atoms with Crippen molar-refractivity contribution in [3.05, 3.63) is 46.8 Å². The molecule has 3 N–H and O–H groups in total. The maximum absolute atomic E-state index is 12.7. The van der Waals surface area contributed by atoms with Crippen LogP contribution in [-0.2, 0) is 4.79 Å². The maximum atomic E-state index is 12.7. The predicted octanol–water partition coefficient (Wildman–Crippen LogP) is 3.83. The first-order valence-corrected chi connectivity index (χ1v) is 10.9. The summed E-state index contributed by atoms with van der Waals surface area (Å²) in [5.41, 5.74) is 2.60. The number of hydroxylamine groups is 1. The third kappa shape index (κ3) is 6.45. The number of carbonyl (C=O) groups is 1. The molecule has 0 unspecified atom stereocenters. The number of carbonyl (C=O) groups excluding carboxylic acids is 1. The van der Waals surface area contributed by atoms with Gasteiger partial charge in [0.05, 0.1) is 26.3 Å². The number of benzene rings is 2. The third-order valence-electron chi connectivity index (χ3n) is 5.27. The first-order chi connectivity index (χ1) is 16.0. The number of hydrogen-bond donors (Lipinski definition) is 3. The van der Waals surface area contributed by atoms with Gasteiger partial charge >= 0.3 is 0 Å². The molecule has 1 aromatic heterocycles. The Morgan fingerprint density at radius 1 is 1.00 bits per heavy atom. The van der Waals surface area contributed by atoms with Crippen LogP contribution in [0.2, 0.25) is 0 Å². The summed E-state index contributed by atoms with van der Waals surface area (Å²) in [5, 5.41) is 8.82. The Labute approximate surface area is 191 Å². The maximum Gasteiger partial charge on any atom is 0.262 e. The average Bonchev–Trinajstić information content (AvgIpc) is 2.84. The third-order valence-corrected chi connectivity index (χ3v) is 5.27. The lowest BCUT2D eigenvalue weighted by Crippen LogP contribution is -2.17. The van der Waals surface area contributed by atoms with Gasteiger partial charge in [-0.25, -0.2) is 10.5 Å². The second-order valence-electron chi connectivity index (χ2n) is 7.56. The van der Waals surface area contributed by atoms with Gasteiger partial charge < -0.3 is 19.2 Å². The van der Waals surface area contributed by atoms with Gasteiger partial charge in [-0.3, -0.25) is 14.8 Å². The van der Waals surface area contributed by atoms with Gasteiger partial charge in [0, 0.05) is 24.1 Å².